The molecule has 0 fully saturated rings. The second-order valence-corrected chi connectivity index (χ2v) is 4.39. The molecule has 0 saturated heterocycles. The molecule has 1 amide bonds. The summed E-state index contributed by atoms with van der Waals surface area (Å²) in [4.78, 5) is 11.3. The maximum atomic E-state index is 11.3. The topological polar surface area (TPSA) is 52.9 Å². The average molecular weight is 182 g/mol. The van der Waals surface area contributed by atoms with E-state index in [1.165, 1.54) is 0 Å². The lowest BCUT2D eigenvalue weighted by Crippen LogP contribution is -2.35. The van der Waals surface area contributed by atoms with Crippen molar-refractivity contribution in [1.82, 2.24) is 5.32 Å². The van der Waals surface area contributed by atoms with Gasteiger partial charge in [0.15, 0.2) is 0 Å². The largest absolute Gasteiger partial charge is 0.340 e. The Morgan fingerprint density at radius 3 is 2.38 bits per heavy atom. The third-order valence-corrected chi connectivity index (χ3v) is 1.59. The molecule has 0 bridgehead atoms. The summed E-state index contributed by atoms with van der Waals surface area (Å²) in [5, 5.41) is 11.3. The third-order valence-electron chi connectivity index (χ3n) is 1.59. The molecular weight excluding hydrogens is 164 g/mol. The molecule has 1 unspecified atom stereocenters. The lowest BCUT2D eigenvalue weighted by Gasteiger charge is -2.18. The Labute approximate surface area is 80.1 Å². The van der Waals surface area contributed by atoms with E-state index in [9.17, 15) is 4.79 Å². The van der Waals surface area contributed by atoms with Crippen LogP contribution in [0.5, 0.6) is 0 Å². The van der Waals surface area contributed by atoms with Crippen molar-refractivity contribution < 1.29 is 4.79 Å². The summed E-state index contributed by atoms with van der Waals surface area (Å²) in [5.41, 5.74) is -0.0160. The molecule has 0 aromatic heterocycles. The zero-order valence-corrected chi connectivity index (χ0v) is 8.85. The van der Waals surface area contributed by atoms with Gasteiger partial charge in [0.25, 0.3) is 0 Å². The summed E-state index contributed by atoms with van der Waals surface area (Å²) in [6.45, 7) is 7.88. The van der Waals surface area contributed by atoms with Crippen molar-refractivity contribution in [3.05, 3.63) is 0 Å². The number of carbonyl (C=O) groups is 1. The Kier molecular flexibility index (Phi) is 4.47. The van der Waals surface area contributed by atoms with Crippen LogP contribution in [0.4, 0.5) is 0 Å². The summed E-state index contributed by atoms with van der Waals surface area (Å²) < 4.78 is 0. The second kappa shape index (κ2) is 4.86. The average Bonchev–Trinajstić information content (AvgIpc) is 1.96. The highest BCUT2D eigenvalue weighted by atomic mass is 16.1. The number of carbonyl (C=O) groups excluding carboxylic acids is 1. The van der Waals surface area contributed by atoms with Gasteiger partial charge in [0.1, 0.15) is 6.04 Å². The van der Waals surface area contributed by atoms with Crippen LogP contribution in [0.3, 0.4) is 0 Å². The molecule has 0 saturated carbocycles. The maximum absolute atomic E-state index is 11.3. The molecule has 1 atom stereocenters. The predicted octanol–water partition coefficient (Wildman–Crippen LogP) is 1.84. The molecule has 0 aromatic carbocycles. The van der Waals surface area contributed by atoms with Crippen LogP contribution in [0, 0.1) is 16.7 Å². The minimum Gasteiger partial charge on any atom is -0.340 e. The quantitative estimate of drug-likeness (QED) is 0.724. The van der Waals surface area contributed by atoms with E-state index in [-0.39, 0.29) is 17.4 Å². The molecule has 0 spiro atoms. The standard InChI is InChI=1S/C10H18N2O/c1-5-8(7-11)12-9(13)6-10(2,3)4/h8H,5-6H2,1-4H3,(H,12,13). The van der Waals surface area contributed by atoms with Crippen molar-refractivity contribution in [3.8, 4) is 6.07 Å². The maximum Gasteiger partial charge on any atom is 0.221 e. The van der Waals surface area contributed by atoms with E-state index in [4.69, 9.17) is 5.26 Å². The first-order valence-corrected chi connectivity index (χ1v) is 4.58. The van der Waals surface area contributed by atoms with Crippen LogP contribution >= 0.6 is 0 Å². The van der Waals surface area contributed by atoms with Crippen molar-refractivity contribution in [1.29, 1.82) is 5.26 Å². The second-order valence-electron chi connectivity index (χ2n) is 4.39. The molecule has 3 nitrogen and oxygen atoms in total. The van der Waals surface area contributed by atoms with E-state index < -0.39 is 0 Å². The zero-order chi connectivity index (χ0) is 10.5. The zero-order valence-electron chi connectivity index (χ0n) is 8.85. The Bertz CT molecular complexity index is 210. The van der Waals surface area contributed by atoms with E-state index in [2.05, 4.69) is 5.32 Å². The summed E-state index contributed by atoms with van der Waals surface area (Å²) in [6, 6.07) is 1.70. The van der Waals surface area contributed by atoms with Crippen molar-refractivity contribution in [2.24, 2.45) is 5.41 Å². The Morgan fingerprint density at radius 1 is 1.54 bits per heavy atom. The summed E-state index contributed by atoms with van der Waals surface area (Å²) in [5.74, 6) is -0.0408. The van der Waals surface area contributed by atoms with Gasteiger partial charge in [-0.15, -0.1) is 0 Å². The summed E-state index contributed by atoms with van der Waals surface area (Å²) in [7, 11) is 0. The molecule has 74 valence electrons. The number of nitrogens with one attached hydrogen (secondary N) is 1. The van der Waals surface area contributed by atoms with Gasteiger partial charge in [-0.25, -0.2) is 0 Å². The van der Waals surface area contributed by atoms with Gasteiger partial charge in [0.05, 0.1) is 6.07 Å². The van der Waals surface area contributed by atoms with Gasteiger partial charge < -0.3 is 5.32 Å². The normalized spacial score (nSPS) is 13.2. The van der Waals surface area contributed by atoms with Gasteiger partial charge in [-0.05, 0) is 11.8 Å². The van der Waals surface area contributed by atoms with E-state index in [0.717, 1.165) is 0 Å². The minimum absolute atomic E-state index is 0.0160. The number of hydrogen-bond donors (Lipinski definition) is 1. The summed E-state index contributed by atoms with van der Waals surface area (Å²) in [6.07, 6.45) is 1.12. The molecule has 13 heavy (non-hydrogen) atoms. The van der Waals surface area contributed by atoms with E-state index in [1.54, 1.807) is 0 Å². The number of rotatable bonds is 3. The highest BCUT2D eigenvalue weighted by Gasteiger charge is 2.17. The van der Waals surface area contributed by atoms with Crippen LogP contribution in [0.25, 0.3) is 0 Å². The highest BCUT2D eigenvalue weighted by Crippen LogP contribution is 2.17. The van der Waals surface area contributed by atoms with E-state index >= 15 is 0 Å². The monoisotopic (exact) mass is 182 g/mol. The van der Waals surface area contributed by atoms with Gasteiger partial charge >= 0.3 is 0 Å². The fourth-order valence-electron chi connectivity index (χ4n) is 0.953. The molecule has 0 aliphatic carbocycles. The molecular formula is C10H18N2O. The van der Waals surface area contributed by atoms with Crippen molar-refractivity contribution in [2.45, 2.75) is 46.6 Å². The number of hydrogen-bond acceptors (Lipinski definition) is 2. The van der Waals surface area contributed by atoms with Crippen LogP contribution in [-0.2, 0) is 4.79 Å². The van der Waals surface area contributed by atoms with Gasteiger partial charge in [-0.3, -0.25) is 4.79 Å². The van der Waals surface area contributed by atoms with Gasteiger partial charge in [-0.1, -0.05) is 27.7 Å². The van der Waals surface area contributed by atoms with Crippen LogP contribution < -0.4 is 5.32 Å². The SMILES string of the molecule is CCC(C#N)NC(=O)CC(C)(C)C. The lowest BCUT2D eigenvalue weighted by atomic mass is 9.92. The molecule has 0 rings (SSSR count). The molecule has 0 heterocycles. The molecule has 1 N–H and O–H groups in total. The van der Waals surface area contributed by atoms with E-state index in [0.29, 0.717) is 12.8 Å². The van der Waals surface area contributed by atoms with E-state index in [1.807, 2.05) is 33.8 Å². The van der Waals surface area contributed by atoms with Gasteiger partial charge in [-0.2, -0.15) is 5.26 Å². The first-order chi connectivity index (χ1) is 5.89. The molecule has 0 aliphatic heterocycles. The van der Waals surface area contributed by atoms with Crippen LogP contribution in [-0.4, -0.2) is 11.9 Å². The molecule has 3 heteroatoms. The summed E-state index contributed by atoms with van der Waals surface area (Å²) >= 11 is 0. The van der Waals surface area contributed by atoms with Crippen molar-refractivity contribution in [3.63, 3.8) is 0 Å². The highest BCUT2D eigenvalue weighted by molar-refractivity contribution is 5.77. The number of nitrogens with zero attached hydrogens (tertiary/aromatic N) is 1. The fourth-order valence-corrected chi connectivity index (χ4v) is 0.953. The minimum atomic E-state index is -0.338. The number of amides is 1. The Morgan fingerprint density at radius 2 is 2.08 bits per heavy atom. The molecule has 0 aromatic rings. The smallest absolute Gasteiger partial charge is 0.221 e. The fraction of sp³-hybridized carbons (Fsp3) is 0.800. The first kappa shape index (κ1) is 12.0. The van der Waals surface area contributed by atoms with Crippen molar-refractivity contribution in [2.75, 3.05) is 0 Å². The lowest BCUT2D eigenvalue weighted by molar-refractivity contribution is -0.123. The third kappa shape index (κ3) is 6.15. The number of nitriles is 1. The molecule has 0 radical (unpaired) electrons. The predicted molar refractivity (Wildman–Crippen MR) is 51.9 cm³/mol. The van der Waals surface area contributed by atoms with Gasteiger partial charge in [0.2, 0.25) is 5.91 Å². The first-order valence-electron chi connectivity index (χ1n) is 4.58. The Hall–Kier alpha value is -1.04. The molecule has 0 aliphatic rings. The van der Waals surface area contributed by atoms with Crippen molar-refractivity contribution >= 4 is 5.91 Å². The van der Waals surface area contributed by atoms with Gasteiger partial charge in [0, 0.05) is 6.42 Å². The van der Waals surface area contributed by atoms with Crippen LogP contribution in [0.15, 0.2) is 0 Å². The van der Waals surface area contributed by atoms with Crippen LogP contribution in [0.2, 0.25) is 0 Å². The van der Waals surface area contributed by atoms with Crippen LogP contribution in [0.1, 0.15) is 40.5 Å². The Balaban J connectivity index is 3.96.